The Morgan fingerprint density at radius 1 is 0.957 bits per heavy atom. The summed E-state index contributed by atoms with van der Waals surface area (Å²) < 4.78 is 13.3. The van der Waals surface area contributed by atoms with Crippen molar-refractivity contribution in [3.05, 3.63) is 35.6 Å². The Morgan fingerprint density at radius 2 is 1.52 bits per heavy atom. The zero-order valence-electron chi connectivity index (χ0n) is 14.6. The maximum Gasteiger partial charge on any atom is 0.0111 e. The molecular weight excluding hydrogens is 360 g/mol. The summed E-state index contributed by atoms with van der Waals surface area (Å²) >= 11 is 0. The molecule has 2 aliphatic carbocycles. The third-order valence-corrected chi connectivity index (χ3v) is 6.23. The van der Waals surface area contributed by atoms with Gasteiger partial charge in [-0.05, 0) is 49.4 Å². The van der Waals surface area contributed by atoms with E-state index in [1.54, 1.807) is 12.1 Å². The minimum absolute atomic E-state index is 0. The van der Waals surface area contributed by atoms with Gasteiger partial charge >= 0.3 is 0 Å². The van der Waals surface area contributed by atoms with E-state index in [1.807, 2.05) is 0 Å². The van der Waals surface area contributed by atoms with Gasteiger partial charge in [-0.2, -0.15) is 17.7 Å². The van der Waals surface area contributed by atoms with E-state index in [0.717, 1.165) is 17.8 Å². The summed E-state index contributed by atoms with van der Waals surface area (Å²) in [5.74, 6) is 3.28. The van der Waals surface area contributed by atoms with Gasteiger partial charge in [-0.15, -0.1) is 12.1 Å². The van der Waals surface area contributed by atoms with E-state index >= 15 is 0 Å². The maximum absolute atomic E-state index is 13.3. The summed E-state index contributed by atoms with van der Waals surface area (Å²) in [6.07, 6.45) is 13.9. The normalized spacial score (nSPS) is 31.4. The van der Waals surface area contributed by atoms with Crippen LogP contribution in [0, 0.1) is 29.6 Å². The first-order chi connectivity index (χ1) is 10.7. The average molecular weight is 390 g/mol. The Kier molecular flexibility index (Phi) is 8.22. The SMILES string of the molecule is CC1CCC(CCC2CCC(c3cc[c-]c(F)c3)CC2)CC1.[Y]. The van der Waals surface area contributed by atoms with Crippen molar-refractivity contribution in [1.82, 2.24) is 0 Å². The average Bonchev–Trinajstić information content (AvgIpc) is 2.55. The van der Waals surface area contributed by atoms with Crippen LogP contribution in [0.15, 0.2) is 18.2 Å². The predicted molar refractivity (Wildman–Crippen MR) is 90.3 cm³/mol. The third kappa shape index (κ3) is 5.92. The van der Waals surface area contributed by atoms with Crippen LogP contribution in [0.25, 0.3) is 0 Å². The van der Waals surface area contributed by atoms with Gasteiger partial charge < -0.3 is 0 Å². The Balaban J connectivity index is 0.00000192. The molecule has 3 rings (SSSR count). The fraction of sp³-hybridized carbons (Fsp3) is 0.714. The van der Waals surface area contributed by atoms with E-state index in [1.165, 1.54) is 69.8 Å². The second-order valence-electron chi connectivity index (χ2n) is 7.89. The summed E-state index contributed by atoms with van der Waals surface area (Å²) in [6.45, 7) is 2.40. The minimum Gasteiger partial charge on any atom is -0.236 e. The monoisotopic (exact) mass is 390 g/mol. The van der Waals surface area contributed by atoms with Crippen molar-refractivity contribution in [2.24, 2.45) is 17.8 Å². The quantitative estimate of drug-likeness (QED) is 0.515. The number of rotatable bonds is 4. The van der Waals surface area contributed by atoms with Crippen molar-refractivity contribution in [2.45, 2.75) is 77.0 Å². The largest absolute Gasteiger partial charge is 0.236 e. The number of hydrogen-bond acceptors (Lipinski definition) is 0. The molecule has 0 aliphatic heterocycles. The van der Waals surface area contributed by atoms with E-state index in [-0.39, 0.29) is 38.5 Å². The van der Waals surface area contributed by atoms with Gasteiger partial charge in [0.2, 0.25) is 0 Å². The Morgan fingerprint density at radius 3 is 2.09 bits per heavy atom. The molecule has 0 aromatic heterocycles. The minimum atomic E-state index is -0.203. The number of halogens is 1. The molecule has 0 bridgehead atoms. The zero-order valence-corrected chi connectivity index (χ0v) is 17.4. The summed E-state index contributed by atoms with van der Waals surface area (Å²) in [5.41, 5.74) is 1.19. The maximum atomic E-state index is 13.3. The van der Waals surface area contributed by atoms with Crippen LogP contribution in [0.1, 0.15) is 82.6 Å². The van der Waals surface area contributed by atoms with Gasteiger partial charge in [-0.1, -0.05) is 45.4 Å². The fourth-order valence-corrected chi connectivity index (χ4v) is 4.58. The predicted octanol–water partition coefficient (Wildman–Crippen LogP) is 6.50. The first kappa shape index (κ1) is 19.6. The van der Waals surface area contributed by atoms with Crippen LogP contribution in [0.5, 0.6) is 0 Å². The molecule has 0 amide bonds. The van der Waals surface area contributed by atoms with Crippen LogP contribution in [-0.2, 0) is 32.7 Å². The Hall–Kier alpha value is 0.254. The molecular formula is C21H30FY-. The van der Waals surface area contributed by atoms with Crippen molar-refractivity contribution in [1.29, 1.82) is 0 Å². The first-order valence-electron chi connectivity index (χ1n) is 9.38. The molecule has 2 saturated carbocycles. The molecule has 0 unspecified atom stereocenters. The second kappa shape index (κ2) is 9.66. The first-order valence-corrected chi connectivity index (χ1v) is 9.38. The molecule has 2 aliphatic rings. The molecule has 125 valence electrons. The molecule has 1 aromatic carbocycles. The molecule has 0 spiro atoms. The van der Waals surface area contributed by atoms with Crippen molar-refractivity contribution in [3.8, 4) is 0 Å². The molecule has 0 N–H and O–H groups in total. The molecule has 0 heterocycles. The van der Waals surface area contributed by atoms with Gasteiger partial charge in [-0.3, -0.25) is 0 Å². The van der Waals surface area contributed by atoms with E-state index in [4.69, 9.17) is 0 Å². The van der Waals surface area contributed by atoms with Gasteiger partial charge in [0, 0.05) is 38.5 Å². The van der Waals surface area contributed by atoms with E-state index in [2.05, 4.69) is 19.1 Å². The third-order valence-electron chi connectivity index (χ3n) is 6.23. The second-order valence-corrected chi connectivity index (χ2v) is 7.89. The van der Waals surface area contributed by atoms with Crippen molar-refractivity contribution < 1.29 is 37.1 Å². The van der Waals surface area contributed by atoms with Crippen LogP contribution in [-0.4, -0.2) is 0 Å². The molecule has 0 atom stereocenters. The number of hydrogen-bond donors (Lipinski definition) is 0. The number of benzene rings is 1. The zero-order chi connectivity index (χ0) is 15.4. The van der Waals surface area contributed by atoms with Crippen molar-refractivity contribution in [3.63, 3.8) is 0 Å². The molecule has 1 aromatic rings. The van der Waals surface area contributed by atoms with E-state index in [0.29, 0.717) is 5.92 Å². The Bertz CT molecular complexity index is 457. The van der Waals surface area contributed by atoms with Crippen LogP contribution >= 0.6 is 0 Å². The van der Waals surface area contributed by atoms with Gasteiger partial charge in [-0.25, -0.2) is 4.39 Å². The molecule has 0 saturated heterocycles. The van der Waals surface area contributed by atoms with Crippen LogP contribution in [0.2, 0.25) is 0 Å². The topological polar surface area (TPSA) is 0 Å². The van der Waals surface area contributed by atoms with Gasteiger partial charge in [0.1, 0.15) is 0 Å². The molecule has 1 radical (unpaired) electrons. The summed E-state index contributed by atoms with van der Waals surface area (Å²) in [4.78, 5) is 0. The van der Waals surface area contributed by atoms with E-state index in [9.17, 15) is 4.39 Å². The van der Waals surface area contributed by atoms with Crippen LogP contribution < -0.4 is 0 Å². The molecule has 2 heteroatoms. The fourth-order valence-electron chi connectivity index (χ4n) is 4.58. The van der Waals surface area contributed by atoms with Crippen molar-refractivity contribution in [2.75, 3.05) is 0 Å². The summed E-state index contributed by atoms with van der Waals surface area (Å²) in [7, 11) is 0. The summed E-state index contributed by atoms with van der Waals surface area (Å²) in [5, 5.41) is 0. The van der Waals surface area contributed by atoms with Crippen molar-refractivity contribution >= 4 is 0 Å². The smallest absolute Gasteiger partial charge is 0.0111 e. The molecule has 0 nitrogen and oxygen atoms in total. The van der Waals surface area contributed by atoms with Gasteiger partial charge in [0.05, 0.1) is 0 Å². The van der Waals surface area contributed by atoms with Crippen LogP contribution in [0.3, 0.4) is 0 Å². The van der Waals surface area contributed by atoms with E-state index < -0.39 is 0 Å². The molecule has 23 heavy (non-hydrogen) atoms. The van der Waals surface area contributed by atoms with Gasteiger partial charge in [0.25, 0.3) is 0 Å². The standard InChI is InChI=1S/C21H30F.Y/c1-16-5-7-17(8-6-16)9-10-18-11-13-19(14-12-18)20-3-2-4-21(22)15-20;/h2-3,15-19H,5-14H2,1H3;/q-1;. The van der Waals surface area contributed by atoms with Crippen LogP contribution in [0.4, 0.5) is 4.39 Å². The molecule has 2 fully saturated rings. The Labute approximate surface area is 166 Å². The summed E-state index contributed by atoms with van der Waals surface area (Å²) in [6, 6.07) is 8.09. The van der Waals surface area contributed by atoms with Gasteiger partial charge in [0.15, 0.2) is 0 Å².